The van der Waals surface area contributed by atoms with Crippen molar-refractivity contribution in [3.05, 3.63) is 71.3 Å². The Kier molecular flexibility index (Phi) is 7.17. The van der Waals surface area contributed by atoms with Crippen molar-refractivity contribution in [1.29, 1.82) is 0 Å². The molecule has 0 saturated heterocycles. The van der Waals surface area contributed by atoms with E-state index in [9.17, 15) is 4.79 Å². The second-order valence-corrected chi connectivity index (χ2v) is 8.31. The number of para-hydroxylation sites is 1. The highest BCUT2D eigenvalue weighted by Gasteiger charge is 2.24. The van der Waals surface area contributed by atoms with Gasteiger partial charge in [-0.2, -0.15) is 10.1 Å². The molecule has 180 valence electrons. The van der Waals surface area contributed by atoms with Crippen LogP contribution in [0.25, 0.3) is 22.8 Å². The zero-order valence-electron chi connectivity index (χ0n) is 19.5. The molecule has 0 aliphatic rings. The van der Waals surface area contributed by atoms with Gasteiger partial charge in [-0.25, -0.2) is 4.68 Å². The number of nitrogens with two attached hydrogens (primary N) is 1. The van der Waals surface area contributed by atoms with E-state index in [1.807, 2.05) is 32.0 Å². The fraction of sp³-hybridized carbons (Fsp3) is 0.200. The maximum Gasteiger partial charge on any atom is 0.265 e. The smallest absolute Gasteiger partial charge is 0.265 e. The van der Waals surface area contributed by atoms with E-state index in [0.29, 0.717) is 28.8 Å². The van der Waals surface area contributed by atoms with Crippen LogP contribution in [-0.2, 0) is 17.8 Å². The first-order valence-corrected chi connectivity index (χ1v) is 11.5. The minimum atomic E-state index is -0.252. The van der Waals surface area contributed by atoms with Gasteiger partial charge >= 0.3 is 0 Å². The largest absolute Gasteiger partial charge is 0.383 e. The Bertz CT molecular complexity index is 1360. The lowest BCUT2D eigenvalue weighted by atomic mass is 10.1. The zero-order chi connectivity index (χ0) is 24.9. The van der Waals surface area contributed by atoms with Crippen LogP contribution in [0.3, 0.4) is 0 Å². The second kappa shape index (κ2) is 10.4. The average molecular weight is 492 g/mol. The summed E-state index contributed by atoms with van der Waals surface area (Å²) in [5.74, 6) is 0.934. The molecule has 0 saturated carbocycles. The minimum absolute atomic E-state index is 0.0930. The molecule has 0 bridgehead atoms. The predicted octanol–water partition coefficient (Wildman–Crippen LogP) is 4.94. The number of carbonyl (C=O) groups excluding carboxylic acids is 1. The fourth-order valence-corrected chi connectivity index (χ4v) is 3.78. The molecule has 4 rings (SSSR count). The highest BCUT2D eigenvalue weighted by Crippen LogP contribution is 2.34. The van der Waals surface area contributed by atoms with Crippen LogP contribution >= 0.6 is 11.6 Å². The number of rotatable bonds is 9. The molecule has 2 aromatic heterocycles. The third-order valence-corrected chi connectivity index (χ3v) is 5.70. The van der Waals surface area contributed by atoms with E-state index < -0.39 is 0 Å². The molecule has 4 aromatic rings. The molecule has 0 spiro atoms. The summed E-state index contributed by atoms with van der Waals surface area (Å²) >= 11 is 5.97. The lowest BCUT2D eigenvalue weighted by Crippen LogP contribution is -2.22. The molecule has 4 N–H and O–H groups in total. The second-order valence-electron chi connectivity index (χ2n) is 7.88. The first-order valence-electron chi connectivity index (χ1n) is 11.1. The number of amides is 1. The van der Waals surface area contributed by atoms with Crippen molar-refractivity contribution < 1.29 is 9.32 Å². The number of benzene rings is 2. The molecule has 9 nitrogen and oxygen atoms in total. The van der Waals surface area contributed by atoms with E-state index in [1.165, 1.54) is 4.68 Å². The molecule has 10 heteroatoms. The van der Waals surface area contributed by atoms with Crippen LogP contribution in [0.4, 0.5) is 17.3 Å². The van der Waals surface area contributed by atoms with Crippen LogP contribution in [0.1, 0.15) is 18.1 Å². The SMILES string of the molecule is C=CCNc1nn(CC(=O)Nc2c(C)cccc2CC)c(N)c1-c1nc(-c2ccc(Cl)cc2)no1. The molecule has 0 fully saturated rings. The summed E-state index contributed by atoms with van der Waals surface area (Å²) in [6, 6.07) is 13.0. The third kappa shape index (κ3) is 5.20. The van der Waals surface area contributed by atoms with E-state index in [1.54, 1.807) is 30.3 Å². The van der Waals surface area contributed by atoms with E-state index >= 15 is 0 Å². The van der Waals surface area contributed by atoms with E-state index in [2.05, 4.69) is 32.5 Å². The zero-order valence-corrected chi connectivity index (χ0v) is 20.3. The number of nitrogens with zero attached hydrogens (tertiary/aromatic N) is 4. The van der Waals surface area contributed by atoms with Crippen molar-refractivity contribution in [3.63, 3.8) is 0 Å². The molecule has 0 aliphatic heterocycles. The Morgan fingerprint density at radius 2 is 2.03 bits per heavy atom. The van der Waals surface area contributed by atoms with E-state index in [-0.39, 0.29) is 24.2 Å². The maximum atomic E-state index is 12.9. The highest BCUT2D eigenvalue weighted by molar-refractivity contribution is 6.30. The molecule has 0 unspecified atom stereocenters. The molecule has 0 aliphatic carbocycles. The van der Waals surface area contributed by atoms with Gasteiger partial charge in [-0.3, -0.25) is 4.79 Å². The number of halogens is 1. The van der Waals surface area contributed by atoms with Gasteiger partial charge < -0.3 is 20.9 Å². The molecule has 1 amide bonds. The molecule has 0 radical (unpaired) electrons. The summed E-state index contributed by atoms with van der Waals surface area (Å²) in [5, 5.41) is 15.3. The maximum absolute atomic E-state index is 12.9. The summed E-state index contributed by atoms with van der Waals surface area (Å²) in [4.78, 5) is 17.4. The van der Waals surface area contributed by atoms with Crippen LogP contribution < -0.4 is 16.4 Å². The number of nitrogens with one attached hydrogen (secondary N) is 2. The summed E-state index contributed by atoms with van der Waals surface area (Å²) in [6.45, 7) is 8.06. The normalized spacial score (nSPS) is 10.8. The monoisotopic (exact) mass is 491 g/mol. The Morgan fingerprint density at radius 3 is 2.74 bits per heavy atom. The van der Waals surface area contributed by atoms with Crippen molar-refractivity contribution in [2.24, 2.45) is 0 Å². The quantitative estimate of drug-likeness (QED) is 0.283. The van der Waals surface area contributed by atoms with Crippen LogP contribution in [0, 0.1) is 6.92 Å². The first-order chi connectivity index (χ1) is 16.9. The van der Waals surface area contributed by atoms with Gasteiger partial charge in [0.05, 0.1) is 0 Å². The molecule has 2 heterocycles. The Labute approximate surface area is 208 Å². The van der Waals surface area contributed by atoms with E-state index in [4.69, 9.17) is 21.9 Å². The number of nitrogen functional groups attached to an aromatic ring is 1. The Hall–Kier alpha value is -4.11. The van der Waals surface area contributed by atoms with Crippen molar-refractivity contribution in [3.8, 4) is 22.8 Å². The number of carbonyl (C=O) groups is 1. The average Bonchev–Trinajstić information content (AvgIpc) is 3.44. The van der Waals surface area contributed by atoms with Crippen LogP contribution in [0.15, 0.2) is 59.6 Å². The standard InChI is InChI=1S/C25H26ClN7O2/c1-4-13-28-24-20(25-30-23(32-35-25)17-9-11-18(26)12-10-17)22(27)33(31-24)14-19(34)29-21-15(3)7-6-8-16(21)5-2/h4,6-12H,1,5,13-14,27H2,2-3H3,(H,28,31)(H,29,34). The summed E-state index contributed by atoms with van der Waals surface area (Å²) < 4.78 is 6.91. The number of anilines is 3. The van der Waals surface area contributed by atoms with Gasteiger partial charge in [-0.15, -0.1) is 6.58 Å². The Balaban J connectivity index is 1.63. The molecular weight excluding hydrogens is 466 g/mol. The van der Waals surface area contributed by atoms with Gasteiger partial charge in [0, 0.05) is 22.8 Å². The predicted molar refractivity (Wildman–Crippen MR) is 138 cm³/mol. The molecule has 35 heavy (non-hydrogen) atoms. The van der Waals surface area contributed by atoms with Crippen molar-refractivity contribution in [2.45, 2.75) is 26.8 Å². The highest BCUT2D eigenvalue weighted by atomic mass is 35.5. The molecular formula is C25H26ClN7O2. The topological polar surface area (TPSA) is 124 Å². The lowest BCUT2D eigenvalue weighted by molar-refractivity contribution is -0.116. The van der Waals surface area contributed by atoms with Gasteiger partial charge in [0.25, 0.3) is 5.89 Å². The minimum Gasteiger partial charge on any atom is -0.383 e. The van der Waals surface area contributed by atoms with Gasteiger partial charge in [-0.1, -0.05) is 48.0 Å². The number of aryl methyl sites for hydroxylation is 2. The van der Waals surface area contributed by atoms with Gasteiger partial charge in [-0.05, 0) is 48.7 Å². The molecule has 0 atom stereocenters. The van der Waals surface area contributed by atoms with Gasteiger partial charge in [0.1, 0.15) is 17.9 Å². The number of hydrogen-bond donors (Lipinski definition) is 3. The van der Waals surface area contributed by atoms with Gasteiger partial charge in [0.15, 0.2) is 5.82 Å². The summed E-state index contributed by atoms with van der Waals surface area (Å²) in [7, 11) is 0. The third-order valence-electron chi connectivity index (χ3n) is 5.45. The Morgan fingerprint density at radius 1 is 1.26 bits per heavy atom. The number of aromatic nitrogens is 4. The van der Waals surface area contributed by atoms with Crippen LogP contribution in [0.2, 0.25) is 5.02 Å². The van der Waals surface area contributed by atoms with E-state index in [0.717, 1.165) is 28.8 Å². The van der Waals surface area contributed by atoms with Crippen LogP contribution in [0.5, 0.6) is 0 Å². The lowest BCUT2D eigenvalue weighted by Gasteiger charge is -2.13. The number of hydrogen-bond acceptors (Lipinski definition) is 7. The summed E-state index contributed by atoms with van der Waals surface area (Å²) in [6.07, 6.45) is 2.48. The van der Waals surface area contributed by atoms with Crippen LogP contribution in [-0.4, -0.2) is 32.4 Å². The summed E-state index contributed by atoms with van der Waals surface area (Å²) in [5.41, 5.74) is 10.4. The van der Waals surface area contributed by atoms with Crippen molar-refractivity contribution in [2.75, 3.05) is 22.9 Å². The van der Waals surface area contributed by atoms with Gasteiger partial charge in [0.2, 0.25) is 11.7 Å². The first kappa shape index (κ1) is 24.0. The van der Waals surface area contributed by atoms with Crippen molar-refractivity contribution >= 4 is 34.8 Å². The fourth-order valence-electron chi connectivity index (χ4n) is 3.66. The molecule has 2 aromatic carbocycles. The van der Waals surface area contributed by atoms with Crippen molar-refractivity contribution in [1.82, 2.24) is 19.9 Å².